The van der Waals surface area contributed by atoms with Crippen LogP contribution in [0.4, 0.5) is 11.8 Å². The molecule has 4 heterocycles. The van der Waals surface area contributed by atoms with E-state index in [1.807, 2.05) is 10.9 Å². The molecular formula is C18H25N7OS. The summed E-state index contributed by atoms with van der Waals surface area (Å²) in [4.78, 5) is 16.4. The Labute approximate surface area is 162 Å². The lowest BCUT2D eigenvalue weighted by molar-refractivity contribution is 0.0398. The molecule has 3 aromatic rings. The minimum atomic E-state index is 0.631. The highest BCUT2D eigenvalue weighted by Gasteiger charge is 2.15. The molecule has 0 bridgehead atoms. The van der Waals surface area contributed by atoms with Crippen LogP contribution >= 0.6 is 11.3 Å². The van der Waals surface area contributed by atoms with Crippen molar-refractivity contribution in [1.29, 1.82) is 0 Å². The predicted octanol–water partition coefficient (Wildman–Crippen LogP) is 2.44. The second-order valence-corrected chi connectivity index (χ2v) is 7.25. The summed E-state index contributed by atoms with van der Waals surface area (Å²) in [6, 6.07) is 2.07. The number of nitrogens with zero attached hydrogens (tertiary/aromatic N) is 5. The monoisotopic (exact) mass is 387 g/mol. The average Bonchev–Trinajstić information content (AvgIpc) is 3.36. The molecule has 27 heavy (non-hydrogen) atoms. The zero-order chi connectivity index (χ0) is 18.5. The molecule has 0 spiro atoms. The highest BCUT2D eigenvalue weighted by molar-refractivity contribution is 7.08. The third kappa shape index (κ3) is 4.20. The van der Waals surface area contributed by atoms with Gasteiger partial charge in [0, 0.05) is 38.1 Å². The maximum absolute atomic E-state index is 5.40. The van der Waals surface area contributed by atoms with Crippen LogP contribution in [-0.4, -0.2) is 70.4 Å². The van der Waals surface area contributed by atoms with Crippen LogP contribution in [0, 0.1) is 0 Å². The number of imidazole rings is 1. The number of rotatable bonds is 8. The van der Waals surface area contributed by atoms with Crippen molar-refractivity contribution in [1.82, 2.24) is 24.4 Å². The van der Waals surface area contributed by atoms with Crippen molar-refractivity contribution in [3.63, 3.8) is 0 Å². The molecule has 1 saturated heterocycles. The second kappa shape index (κ2) is 8.64. The molecule has 0 saturated carbocycles. The molecule has 0 radical (unpaired) electrons. The van der Waals surface area contributed by atoms with E-state index in [1.165, 1.54) is 0 Å². The molecular weight excluding hydrogens is 362 g/mol. The largest absolute Gasteiger partial charge is 0.379 e. The Morgan fingerprint density at radius 1 is 1.19 bits per heavy atom. The Hall–Kier alpha value is -2.23. The summed E-state index contributed by atoms with van der Waals surface area (Å²) < 4.78 is 7.41. The van der Waals surface area contributed by atoms with Crippen molar-refractivity contribution in [2.75, 3.05) is 56.6 Å². The van der Waals surface area contributed by atoms with Crippen molar-refractivity contribution < 1.29 is 4.74 Å². The lowest BCUT2D eigenvalue weighted by atomic mass is 10.4. The molecule has 0 aliphatic carbocycles. The fourth-order valence-corrected chi connectivity index (χ4v) is 3.71. The summed E-state index contributed by atoms with van der Waals surface area (Å²) in [6.45, 7) is 8.32. The maximum atomic E-state index is 5.40. The summed E-state index contributed by atoms with van der Waals surface area (Å²) in [5.41, 5.74) is 2.69. The van der Waals surface area contributed by atoms with Crippen molar-refractivity contribution in [2.45, 2.75) is 13.3 Å². The number of thiophene rings is 1. The van der Waals surface area contributed by atoms with Crippen LogP contribution in [0.2, 0.25) is 0 Å². The molecule has 0 amide bonds. The van der Waals surface area contributed by atoms with Gasteiger partial charge in [-0.15, -0.1) is 0 Å². The minimum Gasteiger partial charge on any atom is -0.379 e. The number of nitrogens with one attached hydrogen (secondary N) is 2. The van der Waals surface area contributed by atoms with Crippen LogP contribution in [0.15, 0.2) is 23.2 Å². The molecule has 9 heteroatoms. The molecule has 3 aromatic heterocycles. The molecule has 144 valence electrons. The first-order valence-corrected chi connectivity index (χ1v) is 10.3. The van der Waals surface area contributed by atoms with Gasteiger partial charge in [-0.2, -0.15) is 21.3 Å². The van der Waals surface area contributed by atoms with Crippen molar-refractivity contribution in [3.8, 4) is 5.69 Å². The van der Waals surface area contributed by atoms with E-state index in [1.54, 1.807) is 11.3 Å². The first-order valence-electron chi connectivity index (χ1n) is 9.40. The molecule has 0 atom stereocenters. The van der Waals surface area contributed by atoms with Crippen LogP contribution in [0.25, 0.3) is 16.9 Å². The quantitative estimate of drug-likeness (QED) is 0.614. The van der Waals surface area contributed by atoms with Gasteiger partial charge in [0.25, 0.3) is 0 Å². The van der Waals surface area contributed by atoms with Crippen molar-refractivity contribution in [2.24, 2.45) is 0 Å². The Bertz CT molecular complexity index is 858. The lowest BCUT2D eigenvalue weighted by Gasteiger charge is -2.26. The van der Waals surface area contributed by atoms with Gasteiger partial charge in [-0.05, 0) is 17.9 Å². The number of fused-ring (bicyclic) bond motifs is 1. The van der Waals surface area contributed by atoms with Crippen molar-refractivity contribution >= 4 is 34.3 Å². The summed E-state index contributed by atoms with van der Waals surface area (Å²) >= 11 is 1.66. The van der Waals surface area contributed by atoms with Crippen LogP contribution < -0.4 is 10.6 Å². The Kier molecular flexibility index (Phi) is 5.81. The molecule has 8 nitrogen and oxygen atoms in total. The molecule has 0 aromatic carbocycles. The maximum Gasteiger partial charge on any atom is 0.226 e. The predicted molar refractivity (Wildman–Crippen MR) is 109 cm³/mol. The first kappa shape index (κ1) is 18.1. The standard InChI is InChI=1S/C18H25N7OS/c1-2-4-19-16-15-17(25(13-21-15)14-3-11-27-12-14)23-18(22-16)20-5-6-24-7-9-26-10-8-24/h3,11-13H,2,4-10H2,1H3,(H2,19,20,22,23). The van der Waals surface area contributed by atoms with Crippen LogP contribution in [0.1, 0.15) is 13.3 Å². The summed E-state index contributed by atoms with van der Waals surface area (Å²) in [7, 11) is 0. The number of hydrogen-bond donors (Lipinski definition) is 2. The van der Waals surface area contributed by atoms with Gasteiger partial charge in [-0.25, -0.2) is 4.98 Å². The average molecular weight is 388 g/mol. The van der Waals surface area contributed by atoms with E-state index in [9.17, 15) is 0 Å². The van der Waals surface area contributed by atoms with Gasteiger partial charge < -0.3 is 15.4 Å². The molecule has 0 unspecified atom stereocenters. The third-order valence-corrected chi connectivity index (χ3v) is 5.21. The van der Waals surface area contributed by atoms with Crippen molar-refractivity contribution in [3.05, 3.63) is 23.2 Å². The molecule has 1 aliphatic heterocycles. The van der Waals surface area contributed by atoms with E-state index in [-0.39, 0.29) is 0 Å². The third-order valence-electron chi connectivity index (χ3n) is 4.54. The van der Waals surface area contributed by atoms with Gasteiger partial charge >= 0.3 is 0 Å². The van der Waals surface area contributed by atoms with Crippen LogP contribution in [-0.2, 0) is 4.74 Å². The fraction of sp³-hybridized carbons (Fsp3) is 0.500. The highest BCUT2D eigenvalue weighted by Crippen LogP contribution is 2.24. The summed E-state index contributed by atoms with van der Waals surface area (Å²) in [5.74, 6) is 1.41. The van der Waals surface area contributed by atoms with Gasteiger partial charge in [-0.1, -0.05) is 6.92 Å². The van der Waals surface area contributed by atoms with Gasteiger partial charge in [0.1, 0.15) is 6.33 Å². The van der Waals surface area contributed by atoms with Crippen LogP contribution in [0.3, 0.4) is 0 Å². The van der Waals surface area contributed by atoms with Gasteiger partial charge in [0.15, 0.2) is 17.0 Å². The zero-order valence-electron chi connectivity index (χ0n) is 15.5. The molecule has 4 rings (SSSR count). The Morgan fingerprint density at radius 2 is 2.07 bits per heavy atom. The van der Waals surface area contributed by atoms with E-state index in [0.29, 0.717) is 5.95 Å². The molecule has 2 N–H and O–H groups in total. The van der Waals surface area contributed by atoms with E-state index in [2.05, 4.69) is 49.3 Å². The number of ether oxygens (including phenoxy) is 1. The van der Waals surface area contributed by atoms with Gasteiger partial charge in [-0.3, -0.25) is 9.47 Å². The lowest BCUT2D eigenvalue weighted by Crippen LogP contribution is -2.39. The molecule has 1 aliphatic rings. The highest BCUT2D eigenvalue weighted by atomic mass is 32.1. The normalized spacial score (nSPS) is 15.3. The number of hydrogen-bond acceptors (Lipinski definition) is 8. The fourth-order valence-electron chi connectivity index (χ4n) is 3.08. The zero-order valence-corrected chi connectivity index (χ0v) is 16.3. The number of morpholine rings is 1. The molecule has 1 fully saturated rings. The number of anilines is 2. The number of aromatic nitrogens is 4. The first-order chi connectivity index (χ1) is 13.3. The Morgan fingerprint density at radius 3 is 2.85 bits per heavy atom. The van der Waals surface area contributed by atoms with Gasteiger partial charge in [0.05, 0.1) is 18.9 Å². The Balaban J connectivity index is 1.56. The summed E-state index contributed by atoms with van der Waals surface area (Å²) in [6.07, 6.45) is 2.84. The van der Waals surface area contributed by atoms with E-state index < -0.39 is 0 Å². The summed E-state index contributed by atoms with van der Waals surface area (Å²) in [5, 5.41) is 10.9. The van der Waals surface area contributed by atoms with Gasteiger partial charge in [0.2, 0.25) is 5.95 Å². The van der Waals surface area contributed by atoms with E-state index in [0.717, 1.165) is 75.0 Å². The minimum absolute atomic E-state index is 0.631. The topological polar surface area (TPSA) is 80.1 Å². The van der Waals surface area contributed by atoms with E-state index in [4.69, 9.17) is 9.72 Å². The van der Waals surface area contributed by atoms with E-state index >= 15 is 0 Å². The smallest absolute Gasteiger partial charge is 0.226 e. The van der Waals surface area contributed by atoms with Crippen LogP contribution in [0.5, 0.6) is 0 Å². The second-order valence-electron chi connectivity index (χ2n) is 6.47. The SMILES string of the molecule is CCCNc1nc(NCCN2CCOCC2)nc2c1ncn2-c1ccsc1.